The minimum absolute atomic E-state index is 0.00854. The fraction of sp³-hybridized carbons (Fsp3) is 0.231. The Balaban J connectivity index is 2.63. The summed E-state index contributed by atoms with van der Waals surface area (Å²) in [6.07, 6.45) is -5.14. The van der Waals surface area contributed by atoms with Crippen LogP contribution in [-0.4, -0.2) is 33.6 Å². The molecule has 1 amide bonds. The van der Waals surface area contributed by atoms with Crippen LogP contribution >= 0.6 is 0 Å². The number of carbonyl (C=O) groups is 2. The lowest BCUT2D eigenvalue weighted by Gasteiger charge is -2.36. The average Bonchev–Trinajstić information content (AvgIpc) is 2.60. The average molecular weight is 285 g/mol. The molecule has 0 fully saturated rings. The first-order chi connectivity index (χ1) is 9.12. The molecule has 0 spiro atoms. The van der Waals surface area contributed by atoms with Crippen LogP contribution in [0.5, 0.6) is 0 Å². The van der Waals surface area contributed by atoms with Crippen LogP contribution in [0.1, 0.15) is 22.8 Å². The van der Waals surface area contributed by atoms with Gasteiger partial charge in [-0.1, -0.05) is 24.8 Å². The Kier molecular flexibility index (Phi) is 2.89. The zero-order valence-corrected chi connectivity index (χ0v) is 10.4. The lowest BCUT2D eigenvalue weighted by molar-refractivity contribution is -0.219. The van der Waals surface area contributed by atoms with Crippen LogP contribution in [-0.2, 0) is 4.79 Å². The number of aliphatic carboxylic acids is 1. The molecule has 0 aromatic heterocycles. The van der Waals surface area contributed by atoms with Gasteiger partial charge in [0.25, 0.3) is 5.91 Å². The predicted octanol–water partition coefficient (Wildman–Crippen LogP) is 2.52. The van der Waals surface area contributed by atoms with E-state index in [0.717, 1.165) is 0 Å². The van der Waals surface area contributed by atoms with Crippen molar-refractivity contribution in [1.82, 2.24) is 4.90 Å². The molecule has 1 atom stereocenters. The number of nitrogens with zero attached hydrogens (tertiary/aromatic N) is 1. The number of rotatable bonds is 2. The van der Waals surface area contributed by atoms with Gasteiger partial charge in [0.05, 0.1) is 0 Å². The van der Waals surface area contributed by atoms with Crippen LogP contribution in [0.25, 0.3) is 5.70 Å². The van der Waals surface area contributed by atoms with Gasteiger partial charge in [0.2, 0.25) is 5.54 Å². The van der Waals surface area contributed by atoms with Crippen molar-refractivity contribution in [3.05, 3.63) is 42.0 Å². The van der Waals surface area contributed by atoms with E-state index in [1.54, 1.807) is 0 Å². The Hall–Kier alpha value is -2.31. The maximum Gasteiger partial charge on any atom is 0.422 e. The number of halogens is 3. The Labute approximate surface area is 112 Å². The van der Waals surface area contributed by atoms with Crippen molar-refractivity contribution in [2.45, 2.75) is 18.6 Å². The van der Waals surface area contributed by atoms with E-state index in [-0.39, 0.29) is 21.7 Å². The molecule has 0 saturated heterocycles. The fourth-order valence-electron chi connectivity index (χ4n) is 2.10. The summed E-state index contributed by atoms with van der Waals surface area (Å²) >= 11 is 0. The number of amides is 1. The van der Waals surface area contributed by atoms with Crippen molar-refractivity contribution >= 4 is 17.6 Å². The Morgan fingerprint density at radius 3 is 2.15 bits per heavy atom. The molecule has 1 aliphatic rings. The second-order valence-corrected chi connectivity index (χ2v) is 4.51. The first kappa shape index (κ1) is 14.1. The molecular weight excluding hydrogens is 275 g/mol. The highest BCUT2D eigenvalue weighted by molar-refractivity contribution is 6.11. The third-order valence-electron chi connectivity index (χ3n) is 3.36. The molecule has 0 radical (unpaired) electrons. The summed E-state index contributed by atoms with van der Waals surface area (Å²) in [5, 5.41) is 8.99. The summed E-state index contributed by atoms with van der Waals surface area (Å²) in [6.45, 7) is 3.88. The smallest absolute Gasteiger partial charge is 0.422 e. The molecule has 2 rings (SSSR count). The van der Waals surface area contributed by atoms with Crippen LogP contribution in [0.4, 0.5) is 13.2 Å². The summed E-state index contributed by atoms with van der Waals surface area (Å²) in [4.78, 5) is 23.4. The largest absolute Gasteiger partial charge is 0.479 e. The van der Waals surface area contributed by atoms with Gasteiger partial charge < -0.3 is 5.11 Å². The highest BCUT2D eigenvalue weighted by Gasteiger charge is 2.64. The van der Waals surface area contributed by atoms with E-state index in [1.165, 1.54) is 24.3 Å². The molecule has 106 valence electrons. The second-order valence-electron chi connectivity index (χ2n) is 4.51. The van der Waals surface area contributed by atoms with Gasteiger partial charge in [0.1, 0.15) is 0 Å². The molecule has 1 heterocycles. The lowest BCUT2D eigenvalue weighted by atomic mass is 9.99. The van der Waals surface area contributed by atoms with Crippen LogP contribution in [0, 0.1) is 0 Å². The maximum atomic E-state index is 13.2. The van der Waals surface area contributed by atoms with Crippen LogP contribution in [0.2, 0.25) is 0 Å². The number of alkyl halides is 3. The normalized spacial score (nSPS) is 17.9. The third kappa shape index (κ3) is 1.62. The van der Waals surface area contributed by atoms with Gasteiger partial charge in [-0.2, -0.15) is 13.2 Å². The zero-order valence-electron chi connectivity index (χ0n) is 10.4. The van der Waals surface area contributed by atoms with E-state index in [4.69, 9.17) is 5.11 Å². The fourth-order valence-corrected chi connectivity index (χ4v) is 2.10. The number of carboxylic acids is 1. The summed E-state index contributed by atoms with van der Waals surface area (Å²) in [5.74, 6) is -3.18. The number of fused-ring (bicyclic) bond motifs is 1. The molecule has 1 aromatic rings. The summed E-state index contributed by atoms with van der Waals surface area (Å²) in [6, 6.07) is 5.78. The SMILES string of the molecule is C=C1c2ccccc2C(=O)N1C(C)(C(=O)O)C(F)(F)F. The Bertz CT molecular complexity index is 589. The maximum absolute atomic E-state index is 13.2. The number of hydrogen-bond donors (Lipinski definition) is 1. The predicted molar refractivity (Wildman–Crippen MR) is 63.7 cm³/mol. The van der Waals surface area contributed by atoms with Crippen LogP contribution < -0.4 is 0 Å². The molecule has 0 saturated carbocycles. The molecule has 0 aliphatic carbocycles. The monoisotopic (exact) mass is 285 g/mol. The molecule has 4 nitrogen and oxygen atoms in total. The van der Waals surface area contributed by atoms with Crippen molar-refractivity contribution in [1.29, 1.82) is 0 Å². The number of carboxylic acid groups (broad SMARTS) is 1. The number of benzene rings is 1. The van der Waals surface area contributed by atoms with E-state index in [2.05, 4.69) is 6.58 Å². The summed E-state index contributed by atoms with van der Waals surface area (Å²) in [7, 11) is 0. The van der Waals surface area contributed by atoms with Crippen molar-refractivity contribution in [2.24, 2.45) is 0 Å². The van der Waals surface area contributed by atoms with Gasteiger partial charge in [0, 0.05) is 16.8 Å². The van der Waals surface area contributed by atoms with Gasteiger partial charge >= 0.3 is 12.1 Å². The van der Waals surface area contributed by atoms with E-state index >= 15 is 0 Å². The first-order valence-corrected chi connectivity index (χ1v) is 5.55. The van der Waals surface area contributed by atoms with E-state index in [1.807, 2.05) is 0 Å². The number of hydrogen-bond acceptors (Lipinski definition) is 2. The van der Waals surface area contributed by atoms with E-state index in [0.29, 0.717) is 6.92 Å². The number of carbonyl (C=O) groups excluding carboxylic acids is 1. The van der Waals surface area contributed by atoms with Crippen molar-refractivity contribution in [3.63, 3.8) is 0 Å². The van der Waals surface area contributed by atoms with Crippen molar-refractivity contribution in [2.75, 3.05) is 0 Å². The molecule has 20 heavy (non-hydrogen) atoms. The molecule has 1 aromatic carbocycles. The summed E-state index contributed by atoms with van der Waals surface area (Å²) < 4.78 is 39.5. The Morgan fingerprint density at radius 2 is 1.75 bits per heavy atom. The standard InChI is InChI=1S/C13H10F3NO3/c1-7-8-5-3-4-6-9(8)10(18)17(7)12(2,11(19)20)13(14,15)16/h3-6H,1H2,2H3,(H,19,20). The lowest BCUT2D eigenvalue weighted by Crippen LogP contribution is -2.61. The van der Waals surface area contributed by atoms with Crippen molar-refractivity contribution in [3.8, 4) is 0 Å². The van der Waals surface area contributed by atoms with E-state index < -0.39 is 23.6 Å². The molecule has 1 N–H and O–H groups in total. The highest BCUT2D eigenvalue weighted by Crippen LogP contribution is 2.44. The Morgan fingerprint density at radius 1 is 1.25 bits per heavy atom. The summed E-state index contributed by atoms with van der Waals surface area (Å²) in [5.41, 5.74) is -3.42. The minimum Gasteiger partial charge on any atom is -0.479 e. The molecule has 0 bridgehead atoms. The topological polar surface area (TPSA) is 57.6 Å². The minimum atomic E-state index is -5.14. The second kappa shape index (κ2) is 4.09. The van der Waals surface area contributed by atoms with E-state index in [9.17, 15) is 22.8 Å². The molecule has 1 unspecified atom stereocenters. The van der Waals surface area contributed by atoms with Crippen molar-refractivity contribution < 1.29 is 27.9 Å². The first-order valence-electron chi connectivity index (χ1n) is 5.55. The van der Waals surface area contributed by atoms with Gasteiger partial charge in [-0.3, -0.25) is 9.69 Å². The molecular formula is C13H10F3NO3. The van der Waals surface area contributed by atoms with Crippen LogP contribution in [0.3, 0.4) is 0 Å². The zero-order chi connectivity index (χ0) is 15.3. The third-order valence-corrected chi connectivity index (χ3v) is 3.36. The molecule has 7 heteroatoms. The molecule has 1 aliphatic heterocycles. The van der Waals surface area contributed by atoms with Gasteiger partial charge in [-0.25, -0.2) is 4.79 Å². The van der Waals surface area contributed by atoms with Gasteiger partial charge in [-0.05, 0) is 13.0 Å². The highest BCUT2D eigenvalue weighted by atomic mass is 19.4. The quantitative estimate of drug-likeness (QED) is 0.908. The van der Waals surface area contributed by atoms with Crippen LogP contribution in [0.15, 0.2) is 30.8 Å². The van der Waals surface area contributed by atoms with Gasteiger partial charge in [-0.15, -0.1) is 0 Å². The van der Waals surface area contributed by atoms with Gasteiger partial charge in [0.15, 0.2) is 0 Å².